The van der Waals surface area contributed by atoms with Gasteiger partial charge in [-0.15, -0.1) is 11.8 Å². The molecule has 20 heteroatoms. The molecule has 7 N–H and O–H groups in total. The normalized spacial score (nSPS) is 40.4. The van der Waals surface area contributed by atoms with Crippen molar-refractivity contribution in [2.24, 2.45) is 59.2 Å². The lowest BCUT2D eigenvalue weighted by molar-refractivity contribution is -0.282. The van der Waals surface area contributed by atoms with Gasteiger partial charge in [-0.25, -0.2) is 9.59 Å². The number of aliphatic hydroxyl groups excluding tert-OH is 4. The number of esters is 1. The molecule has 0 aromatic rings. The molecule has 0 aromatic heterocycles. The second-order valence-corrected chi connectivity index (χ2v) is 29.6. The number of hydrogen-bond donors (Lipinski definition) is 7. The highest BCUT2D eigenvalue weighted by atomic mass is 32.2. The van der Waals surface area contributed by atoms with Gasteiger partial charge in [0, 0.05) is 84.5 Å². The van der Waals surface area contributed by atoms with E-state index in [1.165, 1.54) is 21.6 Å². The molecule has 87 heavy (non-hydrogen) atoms. The highest BCUT2D eigenvalue weighted by Gasteiger charge is 2.61. The van der Waals surface area contributed by atoms with E-state index in [2.05, 4.69) is 37.1 Å². The van der Waals surface area contributed by atoms with Gasteiger partial charge in [0.1, 0.15) is 23.6 Å². The lowest BCUT2D eigenvalue weighted by Crippen LogP contribution is -2.63. The van der Waals surface area contributed by atoms with Gasteiger partial charge in [0.05, 0.1) is 48.6 Å². The number of rotatable bonds is 13. The number of carbonyl (C=O) groups excluding carboxylic acids is 5. The summed E-state index contributed by atoms with van der Waals surface area (Å²) in [5.41, 5.74) is 1.25. The average molecular weight is 1240 g/mol. The number of allylic oxidation sites excluding steroid dienone is 3. The molecule has 19 nitrogen and oxygen atoms in total. The Morgan fingerprint density at radius 3 is 2.29 bits per heavy atom. The van der Waals surface area contributed by atoms with Crippen LogP contribution in [0, 0.1) is 59.2 Å². The summed E-state index contributed by atoms with van der Waals surface area (Å²) in [6.45, 7) is 27.4. The Hall–Kier alpha value is -3.57. The van der Waals surface area contributed by atoms with Gasteiger partial charge in [0.25, 0.3) is 11.7 Å². The summed E-state index contributed by atoms with van der Waals surface area (Å²) >= 11 is 1.47. The molecule has 7 aliphatic heterocycles. The highest BCUT2D eigenvalue weighted by molar-refractivity contribution is 8.03. The number of carboxylic acids is 1. The number of nitrogens with zero attached hydrogens (tertiary/aromatic N) is 3. The molecule has 0 aromatic carbocycles. The fourth-order valence-electron chi connectivity index (χ4n) is 16.2. The molecule has 7 heterocycles. The summed E-state index contributed by atoms with van der Waals surface area (Å²) in [7, 11) is 1.56. The number of ketones is 2. The molecule has 0 spiro atoms. The van der Waals surface area contributed by atoms with E-state index in [1.807, 2.05) is 54.5 Å². The maximum atomic E-state index is 15.0. The summed E-state index contributed by atoms with van der Waals surface area (Å²) < 4.78 is 18.5. The molecule has 2 bridgehead atoms. The van der Waals surface area contributed by atoms with Crippen molar-refractivity contribution in [3.05, 3.63) is 33.9 Å². The Morgan fingerprint density at radius 1 is 0.931 bits per heavy atom. The molecular formula is C67H108N4O15S. The number of thioether (sulfide) groups is 1. The number of likely N-dealkylation sites (tertiary alicyclic amines) is 1. The average Bonchev–Trinajstić information content (AvgIpc) is 1.60. The summed E-state index contributed by atoms with van der Waals surface area (Å²) in [5, 5.41) is 71.2. The quantitative estimate of drug-likeness (QED) is 0.0416. The second kappa shape index (κ2) is 29.8. The third-order valence-electron chi connectivity index (χ3n) is 21.3. The Labute approximate surface area is 522 Å². The first kappa shape index (κ1) is 70.9. The van der Waals surface area contributed by atoms with Crippen molar-refractivity contribution >= 4 is 47.1 Å². The summed E-state index contributed by atoms with van der Waals surface area (Å²) in [5.74, 6) is -10.1. The van der Waals surface area contributed by atoms with Crippen LogP contribution in [0.2, 0.25) is 0 Å². The van der Waals surface area contributed by atoms with E-state index in [9.17, 15) is 54.6 Å². The van der Waals surface area contributed by atoms with Crippen LogP contribution in [0.3, 0.4) is 0 Å². The molecule has 5 saturated heterocycles. The van der Waals surface area contributed by atoms with E-state index >= 15 is 4.79 Å². The fourth-order valence-corrected chi connectivity index (χ4v) is 17.7. The molecule has 8 aliphatic rings. The Bertz CT molecular complexity index is 2560. The van der Waals surface area contributed by atoms with E-state index in [4.69, 9.17) is 14.2 Å². The van der Waals surface area contributed by atoms with Gasteiger partial charge < -0.3 is 60.0 Å². The molecule has 8 rings (SSSR count). The van der Waals surface area contributed by atoms with Crippen LogP contribution in [0.5, 0.6) is 0 Å². The molecule has 0 unspecified atom stereocenters. The topological polar surface area (TPSA) is 273 Å². The monoisotopic (exact) mass is 1240 g/mol. The van der Waals surface area contributed by atoms with Gasteiger partial charge in [-0.3, -0.25) is 24.1 Å². The number of aliphatic hydroxyl groups is 5. The van der Waals surface area contributed by atoms with E-state index in [0.29, 0.717) is 94.2 Å². The first-order chi connectivity index (χ1) is 41.0. The van der Waals surface area contributed by atoms with Crippen molar-refractivity contribution in [1.29, 1.82) is 0 Å². The minimum atomic E-state index is -2.41. The SMILES string of the molecule is CC.CO[C@@H]1C[C@H](/C=C(\C)[C@H]2OC(=O)[C@@H]3CCCCN3C(=O)C(=O)[C@]3(O)O[C@H]([C@@H](C)C[C@@H](C)C/C(C)=C/[C@@H](CCC(C)(C)N4CC[C@@H]([C@@H](O)[C@@H]5C[C@H](SC6=C(C(=O)O)N7C(=O)[C@H]([C@@H](C)O)[C@H]7[C@H]6C)CN5)C4)C(=O)C[C@H](O)[C@H]2C)[C@@H](C)C[C@H]3C)CC[C@H]1O. The molecule has 0 radical (unpaired) electrons. The van der Waals surface area contributed by atoms with E-state index in [1.54, 1.807) is 27.9 Å². The van der Waals surface area contributed by atoms with E-state index in [-0.39, 0.29) is 83.6 Å². The minimum Gasteiger partial charge on any atom is -0.477 e. The standard InChI is InChI=1S/C65H102N4O15S.C2H6/c1-33-23-34(2)25-43(18-20-64(10,11)67-22-19-44(32-67)55(74)46-29-45(31-66-46)85-58-40(8)53-52(41(9)70)60(76)69(53)54(58)62(78)79)50(73)30-49(72)39(7)57(37(5)27-42-16-17-48(71)51(28-42)82-12)83-63(80)47-15-13-14-21-68(47)61(77)59(75)65(81)38(6)26-36(4)56(84-65)35(3)24-33;1-2/h25,27,33,35-36,38-49,51-53,55-57,66,70-72,74,81H,13-24,26,28-32H2,1-12H3,(H,78,79);1-2H3/b34-25+,37-27+;/t33-,35-,36-,38+,39+,40+,41+,42-,43+,44+,45-,46-,47-,48+,49-,51+,52+,53+,55+,56+,57+,65+;/m0./s1. The van der Waals surface area contributed by atoms with Crippen LogP contribution in [0.1, 0.15) is 180 Å². The number of carboxylic acid groups (broad SMARTS) is 1. The van der Waals surface area contributed by atoms with Crippen LogP contribution in [0.15, 0.2) is 33.9 Å². The van der Waals surface area contributed by atoms with Crippen molar-refractivity contribution in [3.63, 3.8) is 0 Å². The van der Waals surface area contributed by atoms with Gasteiger partial charge in [-0.05, 0) is 154 Å². The lowest BCUT2D eigenvalue weighted by Gasteiger charge is -2.46. The zero-order chi connectivity index (χ0) is 64.3. The highest BCUT2D eigenvalue weighted by Crippen LogP contribution is 2.52. The molecule has 1 aliphatic carbocycles. The second-order valence-electron chi connectivity index (χ2n) is 28.3. The summed E-state index contributed by atoms with van der Waals surface area (Å²) in [6.07, 6.45) is 5.65. The number of methoxy groups -OCH3 is 1. The van der Waals surface area contributed by atoms with Crippen LogP contribution in [0.4, 0.5) is 0 Å². The molecule has 1 saturated carbocycles. The van der Waals surface area contributed by atoms with Crippen LogP contribution in [-0.4, -0.2) is 191 Å². The first-order valence-corrected chi connectivity index (χ1v) is 33.9. The predicted molar refractivity (Wildman–Crippen MR) is 332 cm³/mol. The smallest absolute Gasteiger partial charge is 0.353 e. The number of β-lactam (4-membered cyclic amide) rings is 1. The molecule has 492 valence electrons. The van der Waals surface area contributed by atoms with Crippen molar-refractivity contribution in [2.45, 2.75) is 257 Å². The number of aliphatic carboxylic acids is 1. The number of Topliss-reactive ketones (excluding diaryl/α,β-unsaturated/α-hetero) is 2. The summed E-state index contributed by atoms with van der Waals surface area (Å²) in [6, 6.07) is -1.76. The predicted octanol–water partition coefficient (Wildman–Crippen LogP) is 7.19. The van der Waals surface area contributed by atoms with Crippen LogP contribution in [-0.2, 0) is 43.0 Å². The number of carbonyl (C=O) groups is 6. The maximum Gasteiger partial charge on any atom is 0.353 e. The van der Waals surface area contributed by atoms with E-state index < -0.39 is 113 Å². The third-order valence-corrected chi connectivity index (χ3v) is 22.8. The van der Waals surface area contributed by atoms with Crippen molar-refractivity contribution in [2.75, 3.05) is 33.3 Å². The zero-order valence-electron chi connectivity index (χ0n) is 54.6. The summed E-state index contributed by atoms with van der Waals surface area (Å²) in [4.78, 5) is 89.7. The fraction of sp³-hybridized carbons (Fsp3) is 0.821. The van der Waals surface area contributed by atoms with Gasteiger partial charge in [-0.2, -0.15) is 0 Å². The van der Waals surface area contributed by atoms with Crippen LogP contribution < -0.4 is 5.32 Å². The largest absolute Gasteiger partial charge is 0.477 e. The number of hydrogen-bond acceptors (Lipinski definition) is 17. The van der Waals surface area contributed by atoms with Crippen LogP contribution >= 0.6 is 11.8 Å². The van der Waals surface area contributed by atoms with Gasteiger partial charge >= 0.3 is 11.9 Å². The molecule has 22 atom stereocenters. The molecule has 2 amide bonds. The number of nitrogens with one attached hydrogen (secondary N) is 1. The van der Waals surface area contributed by atoms with Gasteiger partial charge in [0.15, 0.2) is 0 Å². The van der Waals surface area contributed by atoms with E-state index in [0.717, 1.165) is 18.5 Å². The number of fused-ring (bicyclic) bond motifs is 4. The first-order valence-electron chi connectivity index (χ1n) is 33.0. The van der Waals surface area contributed by atoms with Crippen molar-refractivity contribution < 1.29 is 73.6 Å². The Morgan fingerprint density at radius 2 is 1.62 bits per heavy atom. The van der Waals surface area contributed by atoms with Crippen LogP contribution in [0.25, 0.3) is 0 Å². The maximum absolute atomic E-state index is 15.0. The number of amides is 2. The van der Waals surface area contributed by atoms with Gasteiger partial charge in [0.2, 0.25) is 11.7 Å². The Balaban J connectivity index is 0.00000535. The number of cyclic esters (lactones) is 1. The van der Waals surface area contributed by atoms with Gasteiger partial charge in [-0.1, -0.05) is 73.1 Å². The van der Waals surface area contributed by atoms with Crippen molar-refractivity contribution in [3.8, 4) is 0 Å². The minimum absolute atomic E-state index is 0.00266. The zero-order valence-corrected chi connectivity index (χ0v) is 55.4. The Kier molecular flexibility index (Phi) is 24.3. The number of ether oxygens (including phenoxy) is 3. The molecule has 6 fully saturated rings. The number of piperidine rings is 1. The lowest BCUT2D eigenvalue weighted by atomic mass is 9.76. The van der Waals surface area contributed by atoms with Crippen molar-refractivity contribution in [1.82, 2.24) is 20.0 Å². The third kappa shape index (κ3) is 15.5. The molecular weight excluding hydrogens is 1130 g/mol.